The van der Waals surface area contributed by atoms with E-state index in [9.17, 15) is 18.0 Å². The summed E-state index contributed by atoms with van der Waals surface area (Å²) in [5.74, 6) is 0.415. The van der Waals surface area contributed by atoms with Gasteiger partial charge in [0.2, 0.25) is 12.5 Å². The third kappa shape index (κ3) is 7.93. The van der Waals surface area contributed by atoms with Gasteiger partial charge in [0.1, 0.15) is 18.5 Å². The molecular weight excluding hydrogens is 647 g/mol. The molecule has 45 heavy (non-hydrogen) atoms. The van der Waals surface area contributed by atoms with Crippen molar-refractivity contribution in [1.82, 2.24) is 19.8 Å². The number of hydrogen-bond acceptors (Lipinski definition) is 7. The minimum atomic E-state index is -4.62. The van der Waals surface area contributed by atoms with E-state index in [4.69, 9.17) is 32.9 Å². The Kier molecular flexibility index (Phi) is 12.7. The first-order valence-corrected chi connectivity index (χ1v) is 14.9. The van der Waals surface area contributed by atoms with Crippen molar-refractivity contribution in [3.05, 3.63) is 64.1 Å². The third-order valence-electron chi connectivity index (χ3n) is 8.49. The van der Waals surface area contributed by atoms with E-state index >= 15 is 0 Å². The Balaban J connectivity index is 0.00000276. The van der Waals surface area contributed by atoms with Crippen LogP contribution in [0.5, 0.6) is 6.01 Å². The highest BCUT2D eigenvalue weighted by atomic mass is 35.5. The lowest BCUT2D eigenvalue weighted by molar-refractivity contribution is -0.137. The molecule has 0 aliphatic carbocycles. The average molecular weight is 686 g/mol. The largest absolute Gasteiger partial charge is 0.462 e. The Labute approximate surface area is 281 Å². The molecule has 2 atom stereocenters. The maximum atomic E-state index is 14.0. The molecule has 0 N–H and O–H groups in total. The number of nitrogens with zero attached hydrogens (tertiary/aromatic N) is 7. The molecule has 0 saturated carbocycles. The lowest BCUT2D eigenvalue weighted by atomic mass is 10.0. The maximum absolute atomic E-state index is 14.0. The number of carbonyl (C=O) groups excluding carboxylic acids is 1. The van der Waals surface area contributed by atoms with Gasteiger partial charge in [-0.3, -0.25) is 9.69 Å². The molecule has 1 amide bonds. The van der Waals surface area contributed by atoms with Gasteiger partial charge in [-0.05, 0) is 50.6 Å². The van der Waals surface area contributed by atoms with E-state index < -0.39 is 11.7 Å². The maximum Gasteiger partial charge on any atom is 0.419 e. The van der Waals surface area contributed by atoms with Crippen molar-refractivity contribution >= 4 is 56.0 Å². The Morgan fingerprint density at radius 1 is 1.18 bits per heavy atom. The first-order valence-electron chi connectivity index (χ1n) is 14.5. The second-order valence-electron chi connectivity index (χ2n) is 11.0. The van der Waals surface area contributed by atoms with Crippen molar-refractivity contribution in [3.63, 3.8) is 0 Å². The molecule has 15 heteroatoms. The highest BCUT2D eigenvalue weighted by Gasteiger charge is 2.39. The van der Waals surface area contributed by atoms with Gasteiger partial charge in [0.25, 0.3) is 0 Å². The van der Waals surface area contributed by atoms with Gasteiger partial charge in [-0.1, -0.05) is 31.2 Å². The number of benzene rings is 1. The van der Waals surface area contributed by atoms with E-state index in [-0.39, 0.29) is 74.8 Å². The second kappa shape index (κ2) is 15.6. The van der Waals surface area contributed by atoms with Crippen LogP contribution in [-0.4, -0.2) is 90.2 Å². The van der Waals surface area contributed by atoms with Crippen molar-refractivity contribution in [2.75, 3.05) is 62.2 Å². The molecule has 4 heterocycles. The second-order valence-corrected chi connectivity index (χ2v) is 11.4. The number of anilines is 2. The summed E-state index contributed by atoms with van der Waals surface area (Å²) >= 11 is 6.04. The van der Waals surface area contributed by atoms with E-state index in [0.717, 1.165) is 31.5 Å². The smallest absolute Gasteiger partial charge is 0.419 e. The van der Waals surface area contributed by atoms with Gasteiger partial charge in [-0.15, -0.1) is 0 Å². The summed E-state index contributed by atoms with van der Waals surface area (Å²) in [5.41, 5.74) is 0.563. The van der Waals surface area contributed by atoms with Crippen LogP contribution < -0.4 is 14.5 Å². The lowest BCUT2D eigenvalue weighted by Crippen LogP contribution is -2.56. The van der Waals surface area contributed by atoms with Gasteiger partial charge in [0.05, 0.1) is 28.5 Å². The fourth-order valence-electron chi connectivity index (χ4n) is 6.36. The fourth-order valence-corrected chi connectivity index (χ4v) is 6.64. The van der Waals surface area contributed by atoms with Crippen LogP contribution >= 0.6 is 38.6 Å². The van der Waals surface area contributed by atoms with Gasteiger partial charge in [0.15, 0.2) is 0 Å². The average Bonchev–Trinajstić information content (AvgIpc) is 3.46. The van der Waals surface area contributed by atoms with Crippen LogP contribution in [0.15, 0.2) is 30.9 Å². The molecule has 0 spiro atoms. The monoisotopic (exact) mass is 685 g/mol. The molecule has 3 aliphatic heterocycles. The zero-order chi connectivity index (χ0) is 30.7. The summed E-state index contributed by atoms with van der Waals surface area (Å²) in [4.78, 5) is 33.3. The number of hydrogen-bond donors (Lipinski definition) is 0. The standard InChI is InChI=1S/C30H35ClF3N7O2.2H2S/c1-4-26(42)41-15-14-40(17-21(41)16-35-3)28-22-11-13-39(25-10-6-9-23(31)27(25)30(32,33)34)18-24(22)36-29(37-28)43-19-20-8-7-12-38(20)5-2;;/h4,6,9-10,20-21H,1,5,7-8,11-19H2,2H3;2*1H2/t20-,21-;;/m0../s1. The normalized spacial score (nSPS) is 20.0. The third-order valence-corrected chi connectivity index (χ3v) is 8.81. The number of likely N-dealkylation sites (tertiary alicyclic amines) is 1. The number of carbonyl (C=O) groups is 1. The number of halogens is 4. The minimum absolute atomic E-state index is 0. The molecule has 0 radical (unpaired) electrons. The number of aromatic nitrogens is 2. The van der Waals surface area contributed by atoms with E-state index in [1.54, 1.807) is 9.80 Å². The number of ether oxygens (including phenoxy) is 1. The Bertz CT molecular complexity index is 1410. The predicted octanol–water partition coefficient (Wildman–Crippen LogP) is 4.92. The van der Waals surface area contributed by atoms with Crippen LogP contribution in [0.1, 0.15) is 36.6 Å². The molecule has 2 aromatic rings. The summed E-state index contributed by atoms with van der Waals surface area (Å²) in [7, 11) is 0. The molecule has 1 aromatic carbocycles. The van der Waals surface area contributed by atoms with Crippen molar-refractivity contribution in [2.45, 2.75) is 51.0 Å². The van der Waals surface area contributed by atoms with Crippen molar-refractivity contribution in [2.24, 2.45) is 0 Å². The Hall–Kier alpha value is -2.86. The number of rotatable bonds is 8. The quantitative estimate of drug-likeness (QED) is 0.289. The molecule has 3 aliphatic rings. The van der Waals surface area contributed by atoms with Gasteiger partial charge in [-0.2, -0.15) is 50.1 Å². The summed E-state index contributed by atoms with van der Waals surface area (Å²) in [6, 6.07) is 4.25. The van der Waals surface area contributed by atoms with Crippen LogP contribution in [0, 0.1) is 6.57 Å². The van der Waals surface area contributed by atoms with E-state index in [0.29, 0.717) is 50.7 Å². The number of fused-ring (bicyclic) bond motifs is 1. The highest BCUT2D eigenvalue weighted by molar-refractivity contribution is 7.59. The summed E-state index contributed by atoms with van der Waals surface area (Å²) in [5, 5.41) is -0.349. The zero-order valence-electron chi connectivity index (χ0n) is 25.1. The number of likely N-dealkylation sites (N-methyl/N-ethyl adjacent to an activating group) is 1. The molecule has 1 aromatic heterocycles. The fraction of sp³-hybridized carbons (Fsp3) is 0.533. The SMILES string of the molecule is S.S.[C-]#[N+]C[C@H]1CN(c2nc(OC[C@@H]3CCCN3CC)nc3c2CCN(c2cccc(Cl)c2C(F)(F)F)C3)CCN1C(=O)C=C. The Morgan fingerprint density at radius 3 is 2.64 bits per heavy atom. The van der Waals surface area contributed by atoms with Crippen molar-refractivity contribution < 1.29 is 22.7 Å². The van der Waals surface area contributed by atoms with Gasteiger partial charge in [0, 0.05) is 37.8 Å². The zero-order valence-corrected chi connectivity index (χ0v) is 27.9. The topological polar surface area (TPSA) is 69.4 Å². The van der Waals surface area contributed by atoms with Crippen LogP contribution in [0.2, 0.25) is 5.02 Å². The Morgan fingerprint density at radius 2 is 1.96 bits per heavy atom. The summed E-state index contributed by atoms with van der Waals surface area (Å²) in [6.45, 7) is 17.3. The predicted molar refractivity (Wildman–Crippen MR) is 179 cm³/mol. The van der Waals surface area contributed by atoms with Crippen LogP contribution in [0.4, 0.5) is 24.7 Å². The summed E-state index contributed by atoms with van der Waals surface area (Å²) < 4.78 is 48.3. The van der Waals surface area contributed by atoms with E-state index in [1.807, 2.05) is 4.90 Å². The van der Waals surface area contributed by atoms with E-state index in [2.05, 4.69) is 23.2 Å². The molecule has 0 bridgehead atoms. The lowest BCUT2D eigenvalue weighted by Gasteiger charge is -2.41. The molecule has 9 nitrogen and oxygen atoms in total. The van der Waals surface area contributed by atoms with Crippen LogP contribution in [-0.2, 0) is 23.9 Å². The van der Waals surface area contributed by atoms with Crippen LogP contribution in [0.25, 0.3) is 4.85 Å². The number of amides is 1. The van der Waals surface area contributed by atoms with Crippen molar-refractivity contribution in [1.29, 1.82) is 0 Å². The van der Waals surface area contributed by atoms with Crippen LogP contribution in [0.3, 0.4) is 0 Å². The first-order chi connectivity index (χ1) is 20.6. The van der Waals surface area contributed by atoms with Gasteiger partial charge < -0.3 is 24.3 Å². The molecule has 5 rings (SSSR count). The first kappa shape index (κ1) is 36.6. The van der Waals surface area contributed by atoms with E-state index in [1.165, 1.54) is 24.3 Å². The molecule has 2 fully saturated rings. The molecular formula is C30H39ClF3N7O2S2. The molecule has 0 unspecified atom stereocenters. The number of piperazine rings is 1. The van der Waals surface area contributed by atoms with Crippen molar-refractivity contribution in [3.8, 4) is 6.01 Å². The summed E-state index contributed by atoms with van der Waals surface area (Å²) in [6.07, 6.45) is -0.865. The highest BCUT2D eigenvalue weighted by Crippen LogP contribution is 2.43. The molecule has 246 valence electrons. The van der Waals surface area contributed by atoms with Gasteiger partial charge in [-0.25, -0.2) is 6.57 Å². The van der Waals surface area contributed by atoms with Gasteiger partial charge >= 0.3 is 12.2 Å². The number of alkyl halides is 3. The minimum Gasteiger partial charge on any atom is -0.462 e. The molecule has 2 saturated heterocycles.